The van der Waals surface area contributed by atoms with Gasteiger partial charge in [-0.3, -0.25) is 0 Å². The van der Waals surface area contributed by atoms with Gasteiger partial charge in [0.2, 0.25) is 0 Å². The molecule has 11 aromatic rings. The molecule has 0 amide bonds. The number of anilines is 3. The molecule has 0 atom stereocenters. The minimum atomic E-state index is -0.560. The molecule has 14 rings (SSSR count). The van der Waals surface area contributed by atoms with E-state index in [4.69, 9.17) is 0 Å². The lowest BCUT2D eigenvalue weighted by Gasteiger charge is -2.38. The molecule has 1 heterocycles. The van der Waals surface area contributed by atoms with Crippen molar-refractivity contribution in [1.29, 1.82) is 0 Å². The Bertz CT molecular complexity index is 3700. The molecule has 1 spiro atoms. The molecule has 10 aromatic carbocycles. The molecule has 1 aromatic heterocycles. The quantitative estimate of drug-likeness (QED) is 0.168. The fourth-order valence-corrected chi connectivity index (χ4v) is 12.3. The molecule has 0 N–H and O–H groups in total. The summed E-state index contributed by atoms with van der Waals surface area (Å²) in [5, 5.41) is 5.28. The second-order valence-electron chi connectivity index (χ2n) is 18.4. The number of fused-ring (bicyclic) bond motifs is 10. The molecule has 0 aliphatic heterocycles. The van der Waals surface area contributed by atoms with E-state index in [1.807, 2.05) is 0 Å². The first-order valence-electron chi connectivity index (χ1n) is 22.5. The molecule has 3 aliphatic carbocycles. The third-order valence-electron chi connectivity index (χ3n) is 14.9. The van der Waals surface area contributed by atoms with Gasteiger partial charge in [0.05, 0.1) is 16.4 Å². The maximum atomic E-state index is 2.58. The molecule has 0 bridgehead atoms. The highest BCUT2D eigenvalue weighted by Gasteiger charge is 2.50. The summed E-state index contributed by atoms with van der Waals surface area (Å²) < 4.78 is 2.58. The second-order valence-corrected chi connectivity index (χ2v) is 18.4. The first-order chi connectivity index (χ1) is 31.5. The lowest BCUT2D eigenvalue weighted by molar-refractivity contribution is 0.660. The van der Waals surface area contributed by atoms with Crippen LogP contribution < -0.4 is 4.90 Å². The molecule has 3 aliphatic rings. The van der Waals surface area contributed by atoms with Crippen LogP contribution in [-0.2, 0) is 10.8 Å². The summed E-state index contributed by atoms with van der Waals surface area (Å²) >= 11 is 0. The van der Waals surface area contributed by atoms with Crippen LogP contribution in [0.1, 0.15) is 47.2 Å². The average molecular weight is 815 g/mol. The highest BCUT2D eigenvalue weighted by atomic mass is 15.1. The van der Waals surface area contributed by atoms with Crippen LogP contribution in [0.2, 0.25) is 0 Å². The number of hydrogen-bond acceptors (Lipinski definition) is 1. The number of nitrogens with zero attached hydrogens (tertiary/aromatic N) is 2. The molecule has 2 heteroatoms. The molecular weight excluding hydrogens is 773 g/mol. The predicted octanol–water partition coefficient (Wildman–Crippen LogP) is 16.1. The Morgan fingerprint density at radius 1 is 0.344 bits per heavy atom. The van der Waals surface area contributed by atoms with Crippen LogP contribution in [0.5, 0.6) is 0 Å². The SMILES string of the molecule is CC1(C)c2ccccc2-c2ccc(-n3c4cc(N(c5ccccc5)c5ccc(-c6ccccc6)cc5)cc5c4c4c6c(cccc6ccc43)C53c4ccccc4-c4ccccc43)cc21. The van der Waals surface area contributed by atoms with Crippen molar-refractivity contribution in [1.82, 2.24) is 4.57 Å². The van der Waals surface area contributed by atoms with Crippen molar-refractivity contribution < 1.29 is 0 Å². The molecule has 0 radical (unpaired) electrons. The number of rotatable bonds is 5. The summed E-state index contributed by atoms with van der Waals surface area (Å²) in [6, 6.07) is 82.0. The smallest absolute Gasteiger partial charge is 0.0727 e. The van der Waals surface area contributed by atoms with Gasteiger partial charge < -0.3 is 9.47 Å². The first-order valence-corrected chi connectivity index (χ1v) is 22.5. The van der Waals surface area contributed by atoms with Crippen LogP contribution in [0.3, 0.4) is 0 Å². The Labute approximate surface area is 372 Å². The van der Waals surface area contributed by atoms with Crippen molar-refractivity contribution in [2.75, 3.05) is 4.90 Å². The summed E-state index contributed by atoms with van der Waals surface area (Å²) in [4.78, 5) is 2.46. The van der Waals surface area contributed by atoms with Crippen LogP contribution in [0, 0.1) is 0 Å². The summed E-state index contributed by atoms with van der Waals surface area (Å²) in [6.07, 6.45) is 0. The Morgan fingerprint density at radius 2 is 0.922 bits per heavy atom. The molecule has 0 fully saturated rings. The zero-order chi connectivity index (χ0) is 42.3. The standard InChI is InChI=1S/C62H42N2/c1-61(2)50-24-12-9-21-46(50)49-34-33-44(36-54(49)61)64-56-35-30-41-18-15-27-53-58(41)60(56)59-55(62(53)51-25-13-10-22-47(51)48-23-11-14-26-52(48)62)37-45(38-57(59)64)63(42-19-7-4-8-20-42)43-31-28-40(29-32-43)39-16-5-3-6-17-39/h3-38H,1-2H3. The van der Waals surface area contributed by atoms with Crippen molar-refractivity contribution in [3.8, 4) is 39.1 Å². The van der Waals surface area contributed by atoms with Crippen LogP contribution >= 0.6 is 0 Å². The maximum Gasteiger partial charge on any atom is 0.0727 e. The van der Waals surface area contributed by atoms with Gasteiger partial charge >= 0.3 is 0 Å². The molecule has 0 saturated carbocycles. The summed E-state index contributed by atoms with van der Waals surface area (Å²) in [6.45, 7) is 4.77. The Hall–Kier alpha value is -7.94. The third-order valence-corrected chi connectivity index (χ3v) is 14.9. The first kappa shape index (κ1) is 35.6. The number of hydrogen-bond donors (Lipinski definition) is 0. The summed E-state index contributed by atoms with van der Waals surface area (Å²) in [5.74, 6) is 0. The van der Waals surface area contributed by atoms with Gasteiger partial charge in [0.25, 0.3) is 0 Å². The van der Waals surface area contributed by atoms with E-state index in [2.05, 4.69) is 242 Å². The monoisotopic (exact) mass is 814 g/mol. The van der Waals surface area contributed by atoms with Crippen molar-refractivity contribution in [2.45, 2.75) is 24.7 Å². The molecule has 0 saturated heterocycles. The van der Waals surface area contributed by atoms with E-state index in [9.17, 15) is 0 Å². The van der Waals surface area contributed by atoms with E-state index in [0.717, 1.165) is 17.1 Å². The zero-order valence-corrected chi connectivity index (χ0v) is 35.7. The van der Waals surface area contributed by atoms with E-state index in [1.165, 1.54) is 105 Å². The summed E-state index contributed by atoms with van der Waals surface area (Å²) in [5.41, 5.74) is 22.1. The Kier molecular flexibility index (Phi) is 7.13. The molecular formula is C62H42N2. The van der Waals surface area contributed by atoms with E-state index in [0.29, 0.717) is 0 Å². The minimum absolute atomic E-state index is 0.137. The van der Waals surface area contributed by atoms with Gasteiger partial charge in [-0.05, 0) is 132 Å². The fraction of sp³-hybridized carbons (Fsp3) is 0.0645. The molecule has 0 unspecified atom stereocenters. The van der Waals surface area contributed by atoms with Crippen molar-refractivity contribution in [3.05, 3.63) is 252 Å². The largest absolute Gasteiger partial charge is 0.310 e. The zero-order valence-electron chi connectivity index (χ0n) is 35.7. The Morgan fingerprint density at radius 3 is 1.64 bits per heavy atom. The van der Waals surface area contributed by atoms with Gasteiger partial charge in [-0.25, -0.2) is 0 Å². The number of benzene rings is 10. The average Bonchev–Trinajstić information content (AvgIpc) is 3.93. The van der Waals surface area contributed by atoms with Gasteiger partial charge in [0.1, 0.15) is 0 Å². The van der Waals surface area contributed by atoms with Crippen LogP contribution in [-0.4, -0.2) is 4.57 Å². The van der Waals surface area contributed by atoms with Gasteiger partial charge in [0, 0.05) is 38.9 Å². The topological polar surface area (TPSA) is 8.17 Å². The van der Waals surface area contributed by atoms with Crippen molar-refractivity contribution >= 4 is 49.6 Å². The van der Waals surface area contributed by atoms with Gasteiger partial charge in [0.15, 0.2) is 0 Å². The lowest BCUT2D eigenvalue weighted by atomic mass is 9.63. The van der Waals surface area contributed by atoms with Crippen molar-refractivity contribution in [3.63, 3.8) is 0 Å². The number of aromatic nitrogens is 1. The second kappa shape index (κ2) is 12.8. The van der Waals surface area contributed by atoms with E-state index in [1.54, 1.807) is 0 Å². The number of para-hydroxylation sites is 1. The predicted molar refractivity (Wildman–Crippen MR) is 267 cm³/mol. The highest BCUT2D eigenvalue weighted by Crippen LogP contribution is 2.63. The third kappa shape index (κ3) is 4.54. The van der Waals surface area contributed by atoms with E-state index >= 15 is 0 Å². The van der Waals surface area contributed by atoms with Crippen LogP contribution in [0.15, 0.2) is 218 Å². The summed E-state index contributed by atoms with van der Waals surface area (Å²) in [7, 11) is 0. The van der Waals surface area contributed by atoms with Crippen LogP contribution in [0.25, 0.3) is 71.6 Å². The molecule has 300 valence electrons. The molecule has 2 nitrogen and oxygen atoms in total. The maximum absolute atomic E-state index is 2.58. The highest BCUT2D eigenvalue weighted by molar-refractivity contribution is 6.27. The molecule has 64 heavy (non-hydrogen) atoms. The van der Waals surface area contributed by atoms with Crippen LogP contribution in [0.4, 0.5) is 17.1 Å². The van der Waals surface area contributed by atoms with Gasteiger partial charge in [-0.15, -0.1) is 0 Å². The minimum Gasteiger partial charge on any atom is -0.310 e. The van der Waals surface area contributed by atoms with Gasteiger partial charge in [-0.2, -0.15) is 0 Å². The normalized spacial score (nSPS) is 14.3. The Balaban J connectivity index is 1.13. The lowest BCUT2D eigenvalue weighted by Crippen LogP contribution is -2.31. The van der Waals surface area contributed by atoms with Crippen molar-refractivity contribution in [2.24, 2.45) is 0 Å². The van der Waals surface area contributed by atoms with E-state index < -0.39 is 5.41 Å². The van der Waals surface area contributed by atoms with Gasteiger partial charge in [-0.1, -0.05) is 178 Å². The van der Waals surface area contributed by atoms with E-state index in [-0.39, 0.29) is 5.41 Å². The fourth-order valence-electron chi connectivity index (χ4n) is 12.3.